The third kappa shape index (κ3) is 5.65. The molecule has 1 aliphatic heterocycles. The van der Waals surface area contributed by atoms with Crippen LogP contribution in [0.15, 0.2) is 60.7 Å². The average molecular weight is 380 g/mol. The molecule has 0 bridgehead atoms. The zero-order valence-corrected chi connectivity index (χ0v) is 16.2. The number of hydrogen-bond acceptors (Lipinski definition) is 4. The summed E-state index contributed by atoms with van der Waals surface area (Å²) in [5.74, 6) is -0.306. The van der Waals surface area contributed by atoms with E-state index in [1.54, 1.807) is 36.2 Å². The first kappa shape index (κ1) is 20.0. The first-order valence-electron chi connectivity index (χ1n) is 9.76. The molecule has 2 amide bonds. The highest BCUT2D eigenvalue weighted by atomic mass is 16.2. The summed E-state index contributed by atoms with van der Waals surface area (Å²) < 4.78 is 0. The summed E-state index contributed by atoms with van der Waals surface area (Å²) in [6.07, 6.45) is 2.94. The first-order valence-corrected chi connectivity index (χ1v) is 9.76. The zero-order chi connectivity index (χ0) is 19.8. The summed E-state index contributed by atoms with van der Waals surface area (Å²) >= 11 is 0. The van der Waals surface area contributed by atoms with Crippen molar-refractivity contribution in [2.24, 2.45) is 0 Å². The van der Waals surface area contributed by atoms with E-state index in [4.69, 9.17) is 0 Å². The maximum absolute atomic E-state index is 12.2. The van der Waals surface area contributed by atoms with Crippen LogP contribution in [-0.2, 0) is 4.79 Å². The van der Waals surface area contributed by atoms with E-state index in [1.165, 1.54) is 5.56 Å². The molecule has 1 fully saturated rings. The quantitative estimate of drug-likeness (QED) is 0.657. The number of amides is 2. The molecule has 2 unspecified atom stereocenters. The highest BCUT2D eigenvalue weighted by Gasteiger charge is 2.24. The van der Waals surface area contributed by atoms with Crippen molar-refractivity contribution < 1.29 is 9.59 Å². The lowest BCUT2D eigenvalue weighted by molar-refractivity contribution is -0.128. The number of benzene rings is 2. The van der Waals surface area contributed by atoms with Crippen LogP contribution in [0.2, 0.25) is 0 Å². The summed E-state index contributed by atoms with van der Waals surface area (Å²) in [6.45, 7) is 0.692. The minimum atomic E-state index is -0.226. The van der Waals surface area contributed by atoms with Crippen molar-refractivity contribution in [2.75, 3.05) is 20.1 Å². The fourth-order valence-corrected chi connectivity index (χ4v) is 3.40. The predicted molar refractivity (Wildman–Crippen MR) is 110 cm³/mol. The Morgan fingerprint density at radius 2 is 1.71 bits per heavy atom. The molecule has 0 radical (unpaired) electrons. The van der Waals surface area contributed by atoms with E-state index in [2.05, 4.69) is 40.4 Å². The number of likely N-dealkylation sites (N-methyl/N-ethyl adjacent to an activating group) is 1. The van der Waals surface area contributed by atoms with Crippen molar-refractivity contribution >= 4 is 11.8 Å². The van der Waals surface area contributed by atoms with Crippen LogP contribution >= 0.6 is 0 Å². The van der Waals surface area contributed by atoms with Crippen molar-refractivity contribution in [3.63, 3.8) is 0 Å². The van der Waals surface area contributed by atoms with Crippen LogP contribution in [0.4, 0.5) is 0 Å². The van der Waals surface area contributed by atoms with Gasteiger partial charge in [-0.25, -0.2) is 0 Å². The summed E-state index contributed by atoms with van der Waals surface area (Å²) in [7, 11) is 1.78. The highest BCUT2D eigenvalue weighted by molar-refractivity contribution is 5.96. The number of carbonyl (C=O) groups excluding carboxylic acids is 2. The highest BCUT2D eigenvalue weighted by Crippen LogP contribution is 2.23. The van der Waals surface area contributed by atoms with E-state index in [-0.39, 0.29) is 18.4 Å². The average Bonchev–Trinajstić information content (AvgIpc) is 3.22. The molecule has 6 nitrogen and oxygen atoms in total. The third-order valence-corrected chi connectivity index (χ3v) is 5.09. The van der Waals surface area contributed by atoms with Gasteiger partial charge in [0.25, 0.3) is 5.91 Å². The van der Waals surface area contributed by atoms with Crippen molar-refractivity contribution in [1.29, 1.82) is 0 Å². The largest absolute Gasteiger partial charge is 0.344 e. The monoisotopic (exact) mass is 380 g/mol. The molecule has 6 heteroatoms. The number of hydrogen-bond donors (Lipinski definition) is 3. The number of hydrazine groups is 1. The molecule has 1 aliphatic rings. The van der Waals surface area contributed by atoms with Crippen LogP contribution in [0.1, 0.15) is 41.2 Å². The lowest BCUT2D eigenvalue weighted by atomic mass is 10.00. The van der Waals surface area contributed by atoms with Crippen LogP contribution in [-0.4, -0.2) is 42.9 Å². The fourth-order valence-electron chi connectivity index (χ4n) is 3.40. The van der Waals surface area contributed by atoms with Crippen LogP contribution in [0.25, 0.3) is 0 Å². The molecule has 3 rings (SSSR count). The van der Waals surface area contributed by atoms with Gasteiger partial charge in [-0.1, -0.05) is 48.5 Å². The normalized spacial score (nSPS) is 18.6. The summed E-state index contributed by atoms with van der Waals surface area (Å²) in [5, 5.41) is 2.68. The summed E-state index contributed by atoms with van der Waals surface area (Å²) in [4.78, 5) is 25.9. The Labute approximate surface area is 166 Å². The van der Waals surface area contributed by atoms with Gasteiger partial charge < -0.3 is 10.2 Å². The van der Waals surface area contributed by atoms with Crippen LogP contribution < -0.4 is 16.2 Å². The lowest BCUT2D eigenvalue weighted by Crippen LogP contribution is -2.39. The number of carbonyl (C=O) groups is 2. The van der Waals surface area contributed by atoms with Crippen molar-refractivity contribution in [2.45, 2.75) is 31.3 Å². The molecule has 2 atom stereocenters. The molecule has 28 heavy (non-hydrogen) atoms. The molecule has 2 aromatic carbocycles. The molecule has 3 N–H and O–H groups in total. The smallest absolute Gasteiger partial charge is 0.251 e. The first-order chi connectivity index (χ1) is 13.6. The topological polar surface area (TPSA) is 73.5 Å². The van der Waals surface area contributed by atoms with E-state index in [0.717, 1.165) is 19.3 Å². The van der Waals surface area contributed by atoms with Crippen LogP contribution in [0, 0.1) is 0 Å². The Bertz CT molecular complexity index is 767. The van der Waals surface area contributed by atoms with E-state index < -0.39 is 0 Å². The Kier molecular flexibility index (Phi) is 7.17. The molecule has 0 saturated carbocycles. The van der Waals surface area contributed by atoms with Gasteiger partial charge in [0.2, 0.25) is 5.91 Å². The van der Waals surface area contributed by atoms with Gasteiger partial charge >= 0.3 is 0 Å². The molecule has 1 heterocycles. The zero-order valence-electron chi connectivity index (χ0n) is 16.2. The van der Waals surface area contributed by atoms with Crippen LogP contribution in [0.5, 0.6) is 0 Å². The molecule has 0 aromatic heterocycles. The number of nitrogens with one attached hydrogen (secondary N) is 3. The van der Waals surface area contributed by atoms with Crippen molar-refractivity contribution in [1.82, 2.24) is 21.1 Å². The van der Waals surface area contributed by atoms with E-state index in [9.17, 15) is 9.59 Å². The molecule has 0 aliphatic carbocycles. The van der Waals surface area contributed by atoms with Gasteiger partial charge in [-0.15, -0.1) is 0 Å². The Hall–Kier alpha value is -2.70. The molecule has 148 valence electrons. The number of rotatable bonds is 8. The second kappa shape index (κ2) is 10.0. The van der Waals surface area contributed by atoms with Gasteiger partial charge in [0.1, 0.15) is 0 Å². The van der Waals surface area contributed by atoms with Gasteiger partial charge in [0.05, 0.1) is 6.54 Å². The van der Waals surface area contributed by atoms with Gasteiger partial charge in [-0.05, 0) is 37.0 Å². The van der Waals surface area contributed by atoms with Crippen LogP contribution in [0.3, 0.4) is 0 Å². The van der Waals surface area contributed by atoms with Crippen molar-refractivity contribution in [3.8, 4) is 0 Å². The lowest BCUT2D eigenvalue weighted by Gasteiger charge is -2.18. The second-order valence-electron chi connectivity index (χ2n) is 7.19. The Morgan fingerprint density at radius 1 is 1.04 bits per heavy atom. The molecular weight excluding hydrogens is 352 g/mol. The summed E-state index contributed by atoms with van der Waals surface area (Å²) in [6, 6.07) is 20.1. The minimum absolute atomic E-state index is 0.0174. The molecular formula is C22H28N4O2. The summed E-state index contributed by atoms with van der Waals surface area (Å²) in [5.41, 5.74) is 8.56. The maximum Gasteiger partial charge on any atom is 0.251 e. The SMILES string of the molecule is CN(CCCC1CC(c2ccccc2)NN1)C(=O)CNC(=O)c1ccccc1. The van der Waals surface area contributed by atoms with E-state index in [1.807, 2.05) is 12.1 Å². The minimum Gasteiger partial charge on any atom is -0.344 e. The predicted octanol–water partition coefficient (Wildman–Crippen LogP) is 2.26. The Balaban J connectivity index is 1.33. The van der Waals surface area contributed by atoms with Gasteiger partial charge in [0, 0.05) is 31.2 Å². The van der Waals surface area contributed by atoms with Gasteiger partial charge in [0.15, 0.2) is 0 Å². The standard InChI is InChI=1S/C22H28N4O2/c1-26(21(27)16-23-22(28)18-11-6-3-7-12-18)14-8-13-19-15-20(25-24-19)17-9-4-2-5-10-17/h2-7,9-12,19-20,24-25H,8,13-16H2,1H3,(H,23,28). The maximum atomic E-state index is 12.2. The van der Waals surface area contributed by atoms with Gasteiger partial charge in [-0.2, -0.15) is 0 Å². The molecule has 2 aromatic rings. The molecule has 1 saturated heterocycles. The second-order valence-corrected chi connectivity index (χ2v) is 7.19. The third-order valence-electron chi connectivity index (χ3n) is 5.09. The number of nitrogens with zero attached hydrogens (tertiary/aromatic N) is 1. The van der Waals surface area contributed by atoms with E-state index >= 15 is 0 Å². The van der Waals surface area contributed by atoms with Gasteiger partial charge in [-0.3, -0.25) is 20.4 Å². The molecule has 0 spiro atoms. The fraction of sp³-hybridized carbons (Fsp3) is 0.364. The van der Waals surface area contributed by atoms with E-state index in [0.29, 0.717) is 24.2 Å². The Morgan fingerprint density at radius 3 is 2.43 bits per heavy atom. The van der Waals surface area contributed by atoms with Crippen molar-refractivity contribution in [3.05, 3.63) is 71.8 Å².